The van der Waals surface area contributed by atoms with Crippen molar-refractivity contribution in [3.05, 3.63) is 82.1 Å². The molecule has 0 radical (unpaired) electrons. The van der Waals surface area contributed by atoms with Crippen LogP contribution in [0.2, 0.25) is 0 Å². The number of aromatic amines is 2. The Morgan fingerprint density at radius 1 is 1.31 bits per heavy atom. The Kier molecular flexibility index (Phi) is 7.17. The number of carbonyl (C=O) groups is 1. The zero-order valence-corrected chi connectivity index (χ0v) is 18.1. The summed E-state index contributed by atoms with van der Waals surface area (Å²) in [6, 6.07) is 5.29. The number of H-pyrrole nitrogens is 2. The van der Waals surface area contributed by atoms with Crippen molar-refractivity contribution in [3.8, 4) is 11.4 Å². The smallest absolute Gasteiger partial charge is 0.261 e. The molecule has 0 atom stereocenters. The second-order valence-electron chi connectivity index (χ2n) is 7.47. The van der Waals surface area contributed by atoms with Gasteiger partial charge in [0.1, 0.15) is 23.5 Å². The minimum atomic E-state index is -0.533. The fraction of sp³-hybridized carbons (Fsp3) is 0.208. The molecular weight excluding hydrogens is 409 g/mol. The van der Waals surface area contributed by atoms with Crippen LogP contribution in [0.3, 0.4) is 0 Å². The van der Waals surface area contributed by atoms with E-state index in [9.17, 15) is 14.0 Å². The molecule has 3 rings (SSSR count). The summed E-state index contributed by atoms with van der Waals surface area (Å²) in [5, 5.41) is 6.26. The van der Waals surface area contributed by atoms with E-state index in [1.54, 1.807) is 32.3 Å². The van der Waals surface area contributed by atoms with Gasteiger partial charge in [-0.2, -0.15) is 0 Å². The quantitative estimate of drug-likeness (QED) is 0.282. The lowest BCUT2D eigenvalue weighted by molar-refractivity contribution is 0.112. The molecule has 0 unspecified atom stereocenters. The summed E-state index contributed by atoms with van der Waals surface area (Å²) >= 11 is 0. The molecule has 0 spiro atoms. The number of nitrogens with one attached hydrogen (secondary N) is 4. The summed E-state index contributed by atoms with van der Waals surface area (Å²) in [5.74, 6) is -0.148. The molecule has 3 aromatic rings. The van der Waals surface area contributed by atoms with Crippen molar-refractivity contribution in [2.24, 2.45) is 0 Å². The van der Waals surface area contributed by atoms with Crippen molar-refractivity contribution in [1.29, 1.82) is 0 Å². The lowest BCUT2D eigenvalue weighted by Gasteiger charge is -2.11. The van der Waals surface area contributed by atoms with Gasteiger partial charge in [0, 0.05) is 24.8 Å². The lowest BCUT2D eigenvalue weighted by atomic mass is 10.1. The van der Waals surface area contributed by atoms with E-state index in [0.29, 0.717) is 47.7 Å². The predicted molar refractivity (Wildman–Crippen MR) is 127 cm³/mol. The van der Waals surface area contributed by atoms with Gasteiger partial charge in [-0.15, -0.1) is 0 Å². The van der Waals surface area contributed by atoms with Gasteiger partial charge in [0.05, 0.1) is 16.7 Å². The molecule has 0 amide bonds. The van der Waals surface area contributed by atoms with Crippen LogP contribution in [0.25, 0.3) is 22.4 Å². The molecule has 166 valence electrons. The number of aromatic nitrogens is 3. The van der Waals surface area contributed by atoms with Crippen LogP contribution < -0.4 is 16.2 Å². The average molecular weight is 436 g/mol. The molecule has 8 heteroatoms. The number of imidazole rings is 1. The first-order chi connectivity index (χ1) is 15.3. The van der Waals surface area contributed by atoms with Crippen LogP contribution in [0.1, 0.15) is 29.3 Å². The molecule has 0 fully saturated rings. The summed E-state index contributed by atoms with van der Waals surface area (Å²) in [5.41, 5.74) is 4.78. The Hall–Kier alpha value is -3.78. The van der Waals surface area contributed by atoms with Gasteiger partial charge in [-0.3, -0.25) is 9.59 Å². The third-order valence-electron chi connectivity index (χ3n) is 5.02. The predicted octanol–water partition coefficient (Wildman–Crippen LogP) is 4.24. The van der Waals surface area contributed by atoms with E-state index >= 15 is 0 Å². The summed E-state index contributed by atoms with van der Waals surface area (Å²) in [6.45, 7) is 9.92. The summed E-state index contributed by atoms with van der Waals surface area (Å²) in [4.78, 5) is 34.5. The summed E-state index contributed by atoms with van der Waals surface area (Å²) in [7, 11) is 1.80. The van der Waals surface area contributed by atoms with E-state index in [0.717, 1.165) is 28.5 Å². The molecule has 7 nitrogen and oxygen atoms in total. The molecule has 32 heavy (non-hydrogen) atoms. The first-order valence-corrected chi connectivity index (χ1v) is 10.1. The molecule has 2 heterocycles. The van der Waals surface area contributed by atoms with Crippen molar-refractivity contribution in [2.45, 2.75) is 19.9 Å². The highest BCUT2D eigenvalue weighted by atomic mass is 19.1. The number of halogens is 1. The van der Waals surface area contributed by atoms with Gasteiger partial charge in [-0.25, -0.2) is 9.37 Å². The van der Waals surface area contributed by atoms with Gasteiger partial charge in [0.15, 0.2) is 0 Å². The largest absolute Gasteiger partial charge is 0.384 e. The minimum Gasteiger partial charge on any atom is -0.384 e. The second-order valence-corrected chi connectivity index (χ2v) is 7.47. The van der Waals surface area contributed by atoms with Gasteiger partial charge in [0.2, 0.25) is 0 Å². The van der Waals surface area contributed by atoms with Crippen molar-refractivity contribution in [3.63, 3.8) is 0 Å². The van der Waals surface area contributed by atoms with Gasteiger partial charge >= 0.3 is 0 Å². The molecule has 0 aliphatic heterocycles. The van der Waals surface area contributed by atoms with E-state index < -0.39 is 5.83 Å². The Balaban J connectivity index is 1.94. The second kappa shape index (κ2) is 10.0. The number of rotatable bonds is 10. The number of benzene rings is 1. The van der Waals surface area contributed by atoms with Crippen molar-refractivity contribution < 1.29 is 9.18 Å². The number of hydrogen-bond donors (Lipinski definition) is 4. The first kappa shape index (κ1) is 22.9. The van der Waals surface area contributed by atoms with Crippen molar-refractivity contribution in [2.75, 3.05) is 18.9 Å². The maximum Gasteiger partial charge on any atom is 0.261 e. The van der Waals surface area contributed by atoms with Crippen LogP contribution in [-0.4, -0.2) is 34.8 Å². The maximum absolute atomic E-state index is 13.2. The van der Waals surface area contributed by atoms with Gasteiger partial charge in [-0.1, -0.05) is 18.7 Å². The number of hydrogen-bond acceptors (Lipinski definition) is 5. The SMILES string of the molecule is C=C(F)/C=C(/CCNc1cc[nH]c(=O)c1-c1nc2cc(C=O)c(CNC)cc2[nH]1)C(=C)C. The Labute approximate surface area is 185 Å². The molecule has 0 saturated carbocycles. The normalized spacial score (nSPS) is 11.5. The lowest BCUT2D eigenvalue weighted by Crippen LogP contribution is -2.14. The number of pyridine rings is 1. The number of aldehydes is 1. The Morgan fingerprint density at radius 2 is 2.09 bits per heavy atom. The third-order valence-corrected chi connectivity index (χ3v) is 5.02. The highest BCUT2D eigenvalue weighted by Crippen LogP contribution is 2.26. The fourth-order valence-electron chi connectivity index (χ4n) is 3.48. The van der Waals surface area contributed by atoms with Gasteiger partial charge in [-0.05, 0) is 55.8 Å². The molecule has 0 bridgehead atoms. The number of nitrogens with zero attached hydrogens (tertiary/aromatic N) is 1. The van der Waals surface area contributed by atoms with E-state index in [2.05, 4.69) is 38.7 Å². The first-order valence-electron chi connectivity index (χ1n) is 10.1. The molecule has 2 aromatic heterocycles. The Morgan fingerprint density at radius 3 is 2.75 bits per heavy atom. The highest BCUT2D eigenvalue weighted by Gasteiger charge is 2.16. The monoisotopic (exact) mass is 435 g/mol. The van der Waals surface area contributed by atoms with E-state index in [-0.39, 0.29) is 5.56 Å². The van der Waals surface area contributed by atoms with Gasteiger partial charge < -0.3 is 20.6 Å². The number of anilines is 1. The van der Waals surface area contributed by atoms with Crippen molar-refractivity contribution >= 4 is 23.0 Å². The number of fused-ring (bicyclic) bond motifs is 1. The van der Waals surface area contributed by atoms with E-state index in [4.69, 9.17) is 0 Å². The molecule has 1 aromatic carbocycles. The van der Waals surface area contributed by atoms with Crippen LogP contribution in [0.15, 0.2) is 65.4 Å². The van der Waals surface area contributed by atoms with Crippen molar-refractivity contribution in [1.82, 2.24) is 20.3 Å². The molecule has 4 N–H and O–H groups in total. The summed E-state index contributed by atoms with van der Waals surface area (Å²) < 4.78 is 13.2. The molecule has 0 aliphatic carbocycles. The Bertz CT molecular complexity index is 1270. The van der Waals surface area contributed by atoms with E-state index in [1.807, 2.05) is 6.07 Å². The van der Waals surface area contributed by atoms with E-state index in [1.165, 1.54) is 6.08 Å². The van der Waals surface area contributed by atoms with Crippen LogP contribution in [0, 0.1) is 0 Å². The number of allylic oxidation sites excluding steroid dienone is 3. The number of carbonyl (C=O) groups excluding carboxylic acids is 1. The topological polar surface area (TPSA) is 103 Å². The van der Waals surface area contributed by atoms with Crippen LogP contribution in [-0.2, 0) is 6.54 Å². The van der Waals surface area contributed by atoms with Crippen LogP contribution >= 0.6 is 0 Å². The fourth-order valence-corrected chi connectivity index (χ4v) is 3.48. The molecular formula is C24H26FN5O2. The summed E-state index contributed by atoms with van der Waals surface area (Å²) in [6.07, 6.45) is 4.20. The van der Waals surface area contributed by atoms with Gasteiger partial charge in [0.25, 0.3) is 5.56 Å². The third kappa shape index (κ3) is 5.09. The zero-order chi connectivity index (χ0) is 23.3. The van der Waals surface area contributed by atoms with Crippen LogP contribution in [0.5, 0.6) is 0 Å². The average Bonchev–Trinajstić information content (AvgIpc) is 3.14. The van der Waals surface area contributed by atoms with Crippen LogP contribution in [0.4, 0.5) is 10.1 Å². The minimum absolute atomic E-state index is 0.312. The standard InChI is InChI=1S/C24H26FN5O2/c1-14(2)16(9-15(3)25)5-7-27-19-6-8-28-24(32)22(19)23-29-20-10-17(12-26-4)18(13-31)11-21(20)30-23/h6,8-11,13,26H,1,3,5,7,12H2,2,4H3,(H,29,30)(H2,27,28,32)/b16-9-. The molecule has 0 saturated heterocycles. The zero-order valence-electron chi connectivity index (χ0n) is 18.1. The molecule has 0 aliphatic rings. The highest BCUT2D eigenvalue weighted by molar-refractivity contribution is 5.89. The maximum atomic E-state index is 13.2.